The van der Waals surface area contributed by atoms with Crippen molar-refractivity contribution in [3.63, 3.8) is 0 Å². The van der Waals surface area contributed by atoms with E-state index in [2.05, 4.69) is 4.98 Å². The van der Waals surface area contributed by atoms with Gasteiger partial charge in [-0.3, -0.25) is 4.79 Å². The van der Waals surface area contributed by atoms with Crippen LogP contribution in [0.1, 0.15) is 64.0 Å². The first-order chi connectivity index (χ1) is 14.8. The van der Waals surface area contributed by atoms with Gasteiger partial charge in [-0.1, -0.05) is 0 Å². The van der Waals surface area contributed by atoms with Gasteiger partial charge in [0.2, 0.25) is 5.78 Å². The van der Waals surface area contributed by atoms with Gasteiger partial charge in [-0.25, -0.2) is 4.79 Å². The molecular formula is C24H26N2O5. The summed E-state index contributed by atoms with van der Waals surface area (Å²) in [5.41, 5.74) is 2.81. The zero-order chi connectivity index (χ0) is 22.7. The number of aromatic amines is 1. The number of fused-ring (bicyclic) bond motifs is 1. The molecule has 0 saturated heterocycles. The highest BCUT2D eigenvalue weighted by atomic mass is 16.5. The summed E-state index contributed by atoms with van der Waals surface area (Å²) >= 11 is 0. The first-order valence-corrected chi connectivity index (χ1v) is 10.3. The van der Waals surface area contributed by atoms with Gasteiger partial charge in [0, 0.05) is 28.9 Å². The molecule has 2 heterocycles. The Labute approximate surface area is 181 Å². The van der Waals surface area contributed by atoms with Gasteiger partial charge < -0.3 is 19.2 Å². The molecule has 1 atom stereocenters. The summed E-state index contributed by atoms with van der Waals surface area (Å²) in [5, 5.41) is 9.77. The lowest BCUT2D eigenvalue weighted by molar-refractivity contribution is 0.0523. The molecule has 1 aromatic carbocycles. The third-order valence-electron chi connectivity index (χ3n) is 5.07. The van der Waals surface area contributed by atoms with E-state index < -0.39 is 11.8 Å². The van der Waals surface area contributed by atoms with Crippen molar-refractivity contribution in [2.75, 3.05) is 13.2 Å². The minimum Gasteiger partial charge on any atom is -0.493 e. The Hall–Kier alpha value is -3.53. The smallest absolute Gasteiger partial charge is 0.340 e. The summed E-state index contributed by atoms with van der Waals surface area (Å²) in [4.78, 5) is 28.8. The molecule has 1 aliphatic heterocycles. The predicted molar refractivity (Wildman–Crippen MR) is 116 cm³/mol. The molecule has 31 heavy (non-hydrogen) atoms. The van der Waals surface area contributed by atoms with Crippen LogP contribution < -0.4 is 9.47 Å². The highest BCUT2D eigenvalue weighted by Crippen LogP contribution is 2.36. The molecule has 0 amide bonds. The third kappa shape index (κ3) is 4.33. The van der Waals surface area contributed by atoms with Gasteiger partial charge in [-0.2, -0.15) is 5.26 Å². The second-order valence-electron chi connectivity index (χ2n) is 7.41. The largest absolute Gasteiger partial charge is 0.493 e. The van der Waals surface area contributed by atoms with Crippen LogP contribution in [-0.4, -0.2) is 36.1 Å². The summed E-state index contributed by atoms with van der Waals surface area (Å²) in [6.07, 6.45) is 2.31. The van der Waals surface area contributed by atoms with Crippen molar-refractivity contribution in [2.24, 2.45) is 0 Å². The monoisotopic (exact) mass is 422 g/mol. The first-order valence-electron chi connectivity index (χ1n) is 10.3. The highest BCUT2D eigenvalue weighted by Gasteiger charge is 2.28. The lowest BCUT2D eigenvalue weighted by Gasteiger charge is -2.11. The zero-order valence-corrected chi connectivity index (χ0v) is 18.4. The van der Waals surface area contributed by atoms with Gasteiger partial charge in [0.05, 0.1) is 24.3 Å². The van der Waals surface area contributed by atoms with E-state index in [4.69, 9.17) is 14.2 Å². The Morgan fingerprint density at radius 1 is 1.23 bits per heavy atom. The standard InChI is InChI=1S/C24H26N2O5/c1-6-29-19-10-16-8-13(3)31-20(16)11-17(19)9-18(12-25)23(27)21-14(4)26-15(5)22(21)24(28)30-7-2/h9-11,13,26H,6-8H2,1-5H3/b18-9+/t13-/m0/s1. The number of aryl methyl sites for hydroxylation is 2. The SMILES string of the molecule is CCOC(=O)c1c(C)[nH]c(C)c1C(=O)/C(C#N)=C/c1cc2c(cc1OCC)C[C@H](C)O2. The fourth-order valence-electron chi connectivity index (χ4n) is 3.81. The van der Waals surface area contributed by atoms with Crippen LogP contribution in [0.2, 0.25) is 0 Å². The Bertz CT molecular complexity index is 1100. The maximum Gasteiger partial charge on any atom is 0.340 e. The second kappa shape index (κ2) is 9.09. The van der Waals surface area contributed by atoms with Crippen molar-refractivity contribution < 1.29 is 23.8 Å². The topological polar surface area (TPSA) is 101 Å². The maximum absolute atomic E-state index is 13.3. The summed E-state index contributed by atoms with van der Waals surface area (Å²) in [6.45, 7) is 9.55. The number of nitrogens with one attached hydrogen (secondary N) is 1. The lowest BCUT2D eigenvalue weighted by Crippen LogP contribution is -2.13. The molecular weight excluding hydrogens is 396 g/mol. The van der Waals surface area contributed by atoms with Gasteiger partial charge in [0.15, 0.2) is 0 Å². The molecule has 3 rings (SSSR count). The van der Waals surface area contributed by atoms with Crippen molar-refractivity contribution >= 4 is 17.8 Å². The predicted octanol–water partition coefficient (Wildman–Crippen LogP) is 4.32. The number of Topliss-reactive ketones (excluding diaryl/α,β-unsaturated/α-hetero) is 1. The molecule has 2 aromatic rings. The van der Waals surface area contributed by atoms with Crippen molar-refractivity contribution in [3.05, 3.63) is 51.3 Å². The average molecular weight is 422 g/mol. The minimum atomic E-state index is -0.597. The number of ketones is 1. The van der Waals surface area contributed by atoms with Crippen molar-refractivity contribution in [3.8, 4) is 17.6 Å². The van der Waals surface area contributed by atoms with Gasteiger partial charge in [-0.15, -0.1) is 0 Å². The number of aromatic nitrogens is 1. The van der Waals surface area contributed by atoms with Crippen molar-refractivity contribution in [1.29, 1.82) is 5.26 Å². The van der Waals surface area contributed by atoms with Crippen LogP contribution in [0.15, 0.2) is 17.7 Å². The molecule has 0 fully saturated rings. The second-order valence-corrected chi connectivity index (χ2v) is 7.41. The number of rotatable bonds is 7. The molecule has 0 aliphatic carbocycles. The maximum atomic E-state index is 13.3. The number of hydrogen-bond donors (Lipinski definition) is 1. The number of nitrogens with zero attached hydrogens (tertiary/aromatic N) is 1. The van der Waals surface area contributed by atoms with Crippen LogP contribution in [0.5, 0.6) is 11.5 Å². The summed E-state index contributed by atoms with van der Waals surface area (Å²) in [7, 11) is 0. The number of esters is 1. The van der Waals surface area contributed by atoms with Crippen LogP contribution in [0.25, 0.3) is 6.08 Å². The zero-order valence-electron chi connectivity index (χ0n) is 18.4. The van der Waals surface area contributed by atoms with Crippen molar-refractivity contribution in [2.45, 2.75) is 47.1 Å². The lowest BCUT2D eigenvalue weighted by atomic mass is 9.97. The number of nitriles is 1. The molecule has 0 unspecified atom stereocenters. The Morgan fingerprint density at radius 3 is 2.58 bits per heavy atom. The van der Waals surface area contributed by atoms with E-state index in [1.54, 1.807) is 26.8 Å². The molecule has 1 aliphatic rings. The molecule has 0 radical (unpaired) electrons. The molecule has 0 spiro atoms. The normalized spacial score (nSPS) is 15.1. The van der Waals surface area contributed by atoms with E-state index in [1.807, 2.05) is 26.0 Å². The van der Waals surface area contributed by atoms with Crippen LogP contribution in [-0.2, 0) is 11.2 Å². The van der Waals surface area contributed by atoms with Crippen LogP contribution in [0.4, 0.5) is 0 Å². The van der Waals surface area contributed by atoms with E-state index in [-0.39, 0.29) is 29.4 Å². The van der Waals surface area contributed by atoms with Crippen molar-refractivity contribution in [1.82, 2.24) is 4.98 Å². The Kier molecular flexibility index (Phi) is 6.50. The van der Waals surface area contributed by atoms with Crippen LogP contribution in [0.3, 0.4) is 0 Å². The third-order valence-corrected chi connectivity index (χ3v) is 5.07. The molecule has 7 nitrogen and oxygen atoms in total. The van der Waals surface area contributed by atoms with Crippen LogP contribution >= 0.6 is 0 Å². The number of carbonyl (C=O) groups excluding carboxylic acids is 2. The van der Waals surface area contributed by atoms with E-state index >= 15 is 0 Å². The Balaban J connectivity index is 2.08. The molecule has 1 N–H and O–H groups in total. The average Bonchev–Trinajstić information content (AvgIpc) is 3.22. The number of carbonyl (C=O) groups is 2. The summed E-state index contributed by atoms with van der Waals surface area (Å²) in [5.74, 6) is 0.143. The van der Waals surface area contributed by atoms with E-state index in [0.29, 0.717) is 35.1 Å². The number of H-pyrrole nitrogens is 1. The molecule has 0 bridgehead atoms. The summed E-state index contributed by atoms with van der Waals surface area (Å²) < 4.78 is 16.7. The molecule has 162 valence electrons. The van der Waals surface area contributed by atoms with Crippen LogP contribution in [0, 0.1) is 25.2 Å². The van der Waals surface area contributed by atoms with E-state index in [9.17, 15) is 14.9 Å². The Morgan fingerprint density at radius 2 is 1.94 bits per heavy atom. The number of ether oxygens (including phenoxy) is 3. The number of allylic oxidation sites excluding steroid dienone is 1. The van der Waals surface area contributed by atoms with E-state index in [1.165, 1.54) is 6.08 Å². The number of benzene rings is 1. The summed E-state index contributed by atoms with van der Waals surface area (Å²) in [6, 6.07) is 5.66. The van der Waals surface area contributed by atoms with Gasteiger partial charge in [0.25, 0.3) is 0 Å². The quantitative estimate of drug-likeness (QED) is 0.309. The molecule has 1 aromatic heterocycles. The molecule has 0 saturated carbocycles. The van der Waals surface area contributed by atoms with Gasteiger partial charge in [0.1, 0.15) is 29.2 Å². The van der Waals surface area contributed by atoms with Gasteiger partial charge >= 0.3 is 5.97 Å². The first kappa shape index (κ1) is 22.2. The number of hydrogen-bond acceptors (Lipinski definition) is 6. The minimum absolute atomic E-state index is 0.0541. The molecule has 7 heteroatoms. The van der Waals surface area contributed by atoms with Gasteiger partial charge in [-0.05, 0) is 52.8 Å². The van der Waals surface area contributed by atoms with E-state index in [0.717, 1.165) is 12.0 Å². The fourth-order valence-corrected chi connectivity index (χ4v) is 3.81. The highest BCUT2D eigenvalue weighted by molar-refractivity contribution is 6.19. The fraction of sp³-hybridized carbons (Fsp3) is 0.375.